The third-order valence-electron chi connectivity index (χ3n) is 4.44. The number of carboxylic acid groups (broad SMARTS) is 1. The number of carboxylic acids is 1. The first kappa shape index (κ1) is 20.0. The van der Waals surface area contributed by atoms with E-state index in [-0.39, 0.29) is 12.3 Å². The molecule has 0 saturated heterocycles. The van der Waals surface area contributed by atoms with Gasteiger partial charge in [-0.1, -0.05) is 49.4 Å². The molecule has 0 bridgehead atoms. The molecule has 0 aliphatic carbocycles. The number of oxazole rings is 1. The Labute approximate surface area is 169 Å². The summed E-state index contributed by atoms with van der Waals surface area (Å²) in [6, 6.07) is 18.2. The molecule has 5 heteroatoms. The summed E-state index contributed by atoms with van der Waals surface area (Å²) < 4.78 is 5.51. The summed E-state index contributed by atoms with van der Waals surface area (Å²) in [7, 11) is 0. The zero-order valence-corrected chi connectivity index (χ0v) is 16.6. The summed E-state index contributed by atoms with van der Waals surface area (Å²) in [6.45, 7) is 2.02. The normalized spacial score (nSPS) is 12.3. The van der Waals surface area contributed by atoms with Gasteiger partial charge in [0.05, 0.1) is 12.1 Å². The highest BCUT2D eigenvalue weighted by Gasteiger charge is 2.13. The van der Waals surface area contributed by atoms with Crippen molar-refractivity contribution in [3.63, 3.8) is 0 Å². The molecule has 1 N–H and O–H groups in total. The van der Waals surface area contributed by atoms with E-state index < -0.39 is 5.97 Å². The first-order valence-corrected chi connectivity index (χ1v) is 10.2. The Balaban J connectivity index is 1.55. The summed E-state index contributed by atoms with van der Waals surface area (Å²) in [5, 5.41) is 9.02. The lowest BCUT2D eigenvalue weighted by atomic mass is 9.93. The average Bonchev–Trinajstić information content (AvgIpc) is 3.18. The molecule has 1 heterocycles. The molecule has 1 aromatic heterocycles. The van der Waals surface area contributed by atoms with Gasteiger partial charge in [-0.05, 0) is 41.7 Å². The Morgan fingerprint density at radius 3 is 2.57 bits per heavy atom. The maximum atomic E-state index is 11.0. The van der Waals surface area contributed by atoms with Crippen LogP contribution in [0.4, 0.5) is 0 Å². The molecular weight excluding hydrogens is 370 g/mol. The molecule has 0 fully saturated rings. The lowest BCUT2D eigenvalue weighted by Gasteiger charge is -2.13. The molecule has 3 aromatic rings. The number of aliphatic carboxylic acids is 1. The molecule has 0 spiro atoms. The quantitative estimate of drug-likeness (QED) is 0.445. The minimum atomic E-state index is -0.756. The van der Waals surface area contributed by atoms with Crippen LogP contribution in [0.1, 0.15) is 48.4 Å². The predicted molar refractivity (Wildman–Crippen MR) is 113 cm³/mol. The predicted octanol–water partition coefficient (Wildman–Crippen LogP) is 6.11. The van der Waals surface area contributed by atoms with Crippen LogP contribution in [0, 0.1) is 0 Å². The first-order valence-electron chi connectivity index (χ1n) is 9.26. The Morgan fingerprint density at radius 2 is 1.89 bits per heavy atom. The van der Waals surface area contributed by atoms with Crippen LogP contribution in [0.3, 0.4) is 0 Å². The van der Waals surface area contributed by atoms with Crippen LogP contribution >= 0.6 is 11.8 Å². The maximum absolute atomic E-state index is 11.0. The second kappa shape index (κ2) is 9.95. The molecule has 1 atom stereocenters. The van der Waals surface area contributed by atoms with Gasteiger partial charge in [0.2, 0.25) is 5.89 Å². The molecule has 2 aromatic carbocycles. The Hall–Kier alpha value is -2.79. The largest absolute Gasteiger partial charge is 0.481 e. The van der Waals surface area contributed by atoms with Crippen molar-refractivity contribution in [2.45, 2.75) is 36.3 Å². The Bertz CT molecular complexity index is 917. The summed E-state index contributed by atoms with van der Waals surface area (Å²) in [4.78, 5) is 16.6. The van der Waals surface area contributed by atoms with Crippen molar-refractivity contribution < 1.29 is 14.3 Å². The van der Waals surface area contributed by atoms with Crippen LogP contribution in [0.2, 0.25) is 0 Å². The zero-order chi connectivity index (χ0) is 19.8. The van der Waals surface area contributed by atoms with E-state index in [1.54, 1.807) is 18.0 Å². The summed E-state index contributed by atoms with van der Waals surface area (Å²) >= 11 is 1.68. The van der Waals surface area contributed by atoms with Gasteiger partial charge in [0, 0.05) is 16.7 Å². The molecule has 0 aliphatic rings. The lowest BCUT2D eigenvalue weighted by molar-refractivity contribution is -0.137. The van der Waals surface area contributed by atoms with Gasteiger partial charge in [-0.15, -0.1) is 11.8 Å². The van der Waals surface area contributed by atoms with Crippen LogP contribution < -0.4 is 0 Å². The number of rotatable bonds is 9. The van der Waals surface area contributed by atoms with Crippen molar-refractivity contribution in [2.24, 2.45) is 0 Å². The van der Waals surface area contributed by atoms with Crippen LogP contribution in [-0.4, -0.2) is 16.1 Å². The molecule has 0 amide bonds. The number of aromatic nitrogens is 1. The van der Waals surface area contributed by atoms with E-state index in [0.717, 1.165) is 28.1 Å². The number of hydrogen-bond donors (Lipinski definition) is 1. The van der Waals surface area contributed by atoms with Gasteiger partial charge < -0.3 is 9.52 Å². The lowest BCUT2D eigenvalue weighted by Crippen LogP contribution is -2.05. The Kier molecular flexibility index (Phi) is 7.09. The summed E-state index contributed by atoms with van der Waals surface area (Å²) in [5.74, 6) is 0.614. The van der Waals surface area contributed by atoms with Crippen molar-refractivity contribution in [2.75, 3.05) is 0 Å². The molecule has 144 valence electrons. The van der Waals surface area contributed by atoms with E-state index in [1.807, 2.05) is 73.7 Å². The molecule has 1 unspecified atom stereocenters. The molecule has 4 nitrogen and oxygen atoms in total. The topological polar surface area (TPSA) is 63.3 Å². The van der Waals surface area contributed by atoms with Crippen LogP contribution in [-0.2, 0) is 10.5 Å². The molecule has 3 rings (SSSR count). The minimum absolute atomic E-state index is 0.0612. The number of carbonyl (C=O) groups is 1. The van der Waals surface area contributed by atoms with Crippen LogP contribution in [0.25, 0.3) is 12.2 Å². The second-order valence-corrected chi connectivity index (χ2v) is 7.53. The van der Waals surface area contributed by atoms with Crippen LogP contribution in [0.15, 0.2) is 70.2 Å². The van der Waals surface area contributed by atoms with Gasteiger partial charge in [-0.25, -0.2) is 4.98 Å². The monoisotopic (exact) mass is 393 g/mol. The van der Waals surface area contributed by atoms with Crippen molar-refractivity contribution in [3.8, 4) is 0 Å². The van der Waals surface area contributed by atoms with Gasteiger partial charge in [0.15, 0.2) is 0 Å². The molecule has 28 heavy (non-hydrogen) atoms. The van der Waals surface area contributed by atoms with Gasteiger partial charge in [-0.2, -0.15) is 0 Å². The van der Waals surface area contributed by atoms with E-state index in [9.17, 15) is 4.79 Å². The van der Waals surface area contributed by atoms with E-state index in [4.69, 9.17) is 9.52 Å². The molecule has 0 aliphatic heterocycles. The van der Waals surface area contributed by atoms with Gasteiger partial charge >= 0.3 is 5.97 Å². The van der Waals surface area contributed by atoms with Gasteiger partial charge in [-0.3, -0.25) is 4.79 Å². The number of benzene rings is 2. The molecule has 0 saturated carbocycles. The summed E-state index contributed by atoms with van der Waals surface area (Å²) in [5.41, 5.74) is 3.06. The number of hydrogen-bond acceptors (Lipinski definition) is 4. The fraction of sp³-hybridized carbons (Fsp3) is 0.217. The first-order chi connectivity index (χ1) is 13.6. The highest BCUT2D eigenvalue weighted by atomic mass is 32.2. The van der Waals surface area contributed by atoms with Gasteiger partial charge in [0.1, 0.15) is 6.26 Å². The third kappa shape index (κ3) is 5.86. The fourth-order valence-electron chi connectivity index (χ4n) is 2.90. The zero-order valence-electron chi connectivity index (χ0n) is 15.7. The summed E-state index contributed by atoms with van der Waals surface area (Å²) in [6.07, 6.45) is 6.51. The van der Waals surface area contributed by atoms with E-state index in [1.165, 1.54) is 0 Å². The van der Waals surface area contributed by atoms with E-state index in [0.29, 0.717) is 11.6 Å². The standard InChI is InChI=1S/C23H23NO3S/c1-2-18(14-23(25)26)19-9-11-21(12-10-19)28-16-20-15-27-22(24-20)13-8-17-6-4-3-5-7-17/h3-13,15,18H,2,14,16H2,1H3,(H,25,26). The number of thioether (sulfide) groups is 1. The highest BCUT2D eigenvalue weighted by molar-refractivity contribution is 7.98. The maximum Gasteiger partial charge on any atom is 0.303 e. The Morgan fingerprint density at radius 1 is 1.14 bits per heavy atom. The van der Waals surface area contributed by atoms with Crippen molar-refractivity contribution in [1.82, 2.24) is 4.98 Å². The molecular formula is C23H23NO3S. The van der Waals surface area contributed by atoms with Crippen molar-refractivity contribution in [1.29, 1.82) is 0 Å². The molecule has 0 radical (unpaired) electrons. The highest BCUT2D eigenvalue weighted by Crippen LogP contribution is 2.28. The second-order valence-electron chi connectivity index (χ2n) is 6.48. The SMILES string of the molecule is CCC(CC(=O)O)c1ccc(SCc2coc(C=Cc3ccccc3)n2)cc1. The van der Waals surface area contributed by atoms with Crippen molar-refractivity contribution in [3.05, 3.63) is 83.6 Å². The average molecular weight is 394 g/mol. The van der Waals surface area contributed by atoms with E-state index in [2.05, 4.69) is 4.98 Å². The van der Waals surface area contributed by atoms with Crippen molar-refractivity contribution >= 4 is 29.9 Å². The number of nitrogens with zero attached hydrogens (tertiary/aromatic N) is 1. The fourth-order valence-corrected chi connectivity index (χ4v) is 3.67. The minimum Gasteiger partial charge on any atom is -0.481 e. The van der Waals surface area contributed by atoms with Crippen LogP contribution in [0.5, 0.6) is 0 Å². The smallest absolute Gasteiger partial charge is 0.303 e. The third-order valence-corrected chi connectivity index (χ3v) is 5.49. The van der Waals surface area contributed by atoms with E-state index >= 15 is 0 Å². The van der Waals surface area contributed by atoms with Gasteiger partial charge in [0.25, 0.3) is 0 Å².